The summed E-state index contributed by atoms with van der Waals surface area (Å²) < 4.78 is 2.37. The normalized spacial score (nSPS) is 21.0. The van der Waals surface area contributed by atoms with E-state index in [0.717, 1.165) is 50.2 Å². The average molecular weight is 433 g/mol. The summed E-state index contributed by atoms with van der Waals surface area (Å²) in [6, 6.07) is 13.1. The lowest BCUT2D eigenvalue weighted by atomic mass is 9.82. The summed E-state index contributed by atoms with van der Waals surface area (Å²) in [7, 11) is 0. The predicted octanol–water partition coefficient (Wildman–Crippen LogP) is 6.17. The third kappa shape index (κ3) is 3.53. The highest BCUT2D eigenvalue weighted by Gasteiger charge is 2.42. The SMILES string of the molecule is C=CC1=C(C(C)CC)CCSC(N2CCC3(CC2)Nc2ccccc2-n2cccc23)=N1. The zero-order valence-corrected chi connectivity index (χ0v) is 19.4. The number of hydrogen-bond donors (Lipinski definition) is 1. The van der Waals surface area contributed by atoms with Gasteiger partial charge in [-0.1, -0.05) is 44.3 Å². The molecule has 1 atom stereocenters. The number of benzene rings is 1. The van der Waals surface area contributed by atoms with Gasteiger partial charge >= 0.3 is 0 Å². The van der Waals surface area contributed by atoms with Crippen LogP contribution in [0.3, 0.4) is 0 Å². The van der Waals surface area contributed by atoms with Crippen LogP contribution >= 0.6 is 11.8 Å². The third-order valence-corrected chi connectivity index (χ3v) is 8.23. The fraction of sp³-hybridized carbons (Fsp3) is 0.423. The van der Waals surface area contributed by atoms with Gasteiger partial charge < -0.3 is 14.8 Å². The van der Waals surface area contributed by atoms with E-state index in [-0.39, 0.29) is 5.54 Å². The number of thioether (sulfide) groups is 1. The molecule has 2 aromatic rings. The zero-order chi connectivity index (χ0) is 21.4. The van der Waals surface area contributed by atoms with Crippen LogP contribution < -0.4 is 5.32 Å². The first kappa shape index (κ1) is 20.5. The minimum Gasteiger partial charge on any atom is -0.372 e. The van der Waals surface area contributed by atoms with Crippen molar-refractivity contribution in [1.82, 2.24) is 9.47 Å². The van der Waals surface area contributed by atoms with Crippen LogP contribution in [0.2, 0.25) is 0 Å². The summed E-state index contributed by atoms with van der Waals surface area (Å²) in [6.45, 7) is 10.7. The molecule has 31 heavy (non-hydrogen) atoms. The van der Waals surface area contributed by atoms with Crippen molar-refractivity contribution in [3.05, 3.63) is 72.2 Å². The zero-order valence-electron chi connectivity index (χ0n) is 18.6. The van der Waals surface area contributed by atoms with Crippen LogP contribution in [0.15, 0.2) is 71.5 Å². The molecule has 1 fully saturated rings. The number of allylic oxidation sites excluding steroid dienone is 2. The number of para-hydroxylation sites is 2. The first-order valence-electron chi connectivity index (χ1n) is 11.5. The molecule has 1 N–H and O–H groups in total. The fourth-order valence-corrected chi connectivity index (χ4v) is 6.26. The number of likely N-dealkylation sites (tertiary alicyclic amines) is 1. The number of piperidine rings is 1. The molecular formula is C26H32N4S. The molecule has 1 saturated heterocycles. The molecule has 1 aromatic heterocycles. The molecule has 0 bridgehead atoms. The lowest BCUT2D eigenvalue weighted by Gasteiger charge is -2.46. The number of rotatable bonds is 3. The second-order valence-corrected chi connectivity index (χ2v) is 9.95. The van der Waals surface area contributed by atoms with Crippen LogP contribution in [0.1, 0.15) is 45.2 Å². The van der Waals surface area contributed by atoms with E-state index in [9.17, 15) is 0 Å². The predicted molar refractivity (Wildman–Crippen MR) is 133 cm³/mol. The van der Waals surface area contributed by atoms with E-state index in [4.69, 9.17) is 4.99 Å². The molecule has 4 nitrogen and oxygen atoms in total. The molecule has 3 aliphatic heterocycles. The summed E-state index contributed by atoms with van der Waals surface area (Å²) in [5, 5.41) is 5.10. The Morgan fingerprint density at radius 3 is 2.81 bits per heavy atom. The van der Waals surface area contributed by atoms with Gasteiger partial charge in [0.05, 0.1) is 22.6 Å². The van der Waals surface area contributed by atoms with E-state index in [1.54, 1.807) is 0 Å². The molecule has 162 valence electrons. The molecule has 3 aliphatic rings. The van der Waals surface area contributed by atoms with Gasteiger partial charge in [-0.15, -0.1) is 0 Å². The van der Waals surface area contributed by atoms with Crippen LogP contribution in [0, 0.1) is 5.92 Å². The Labute approximate surface area is 190 Å². The number of aromatic nitrogens is 1. The lowest BCUT2D eigenvalue weighted by molar-refractivity contribution is 0.243. The van der Waals surface area contributed by atoms with Crippen molar-refractivity contribution < 1.29 is 0 Å². The van der Waals surface area contributed by atoms with Gasteiger partial charge in [0.2, 0.25) is 0 Å². The minimum atomic E-state index is -0.0106. The Kier molecular flexibility index (Phi) is 5.47. The summed E-state index contributed by atoms with van der Waals surface area (Å²) in [6.07, 6.45) is 8.56. The smallest absolute Gasteiger partial charge is 0.164 e. The molecule has 5 heteroatoms. The Bertz CT molecular complexity index is 1040. The molecule has 1 unspecified atom stereocenters. The van der Waals surface area contributed by atoms with Crippen molar-refractivity contribution in [3.63, 3.8) is 0 Å². The standard InChI is InChI=1S/C26H32N4S/c1-4-19(3)20-12-18-31-25(27-21(20)5-2)29-16-13-26(14-17-29)24-11-8-15-30(24)23-10-7-6-9-22(23)28-26/h5-11,15,19,28H,2,4,12-14,16-18H2,1,3H3. The van der Waals surface area contributed by atoms with Crippen LogP contribution in [-0.4, -0.2) is 33.5 Å². The molecule has 0 saturated carbocycles. The summed E-state index contributed by atoms with van der Waals surface area (Å²) in [5.41, 5.74) is 6.43. The number of amidine groups is 1. The third-order valence-electron chi connectivity index (χ3n) is 7.21. The average Bonchev–Trinajstić information content (AvgIpc) is 3.21. The van der Waals surface area contributed by atoms with Crippen molar-refractivity contribution in [2.45, 2.75) is 45.1 Å². The van der Waals surface area contributed by atoms with Crippen molar-refractivity contribution in [3.8, 4) is 5.69 Å². The van der Waals surface area contributed by atoms with Crippen molar-refractivity contribution in [2.75, 3.05) is 24.2 Å². The largest absolute Gasteiger partial charge is 0.372 e. The maximum Gasteiger partial charge on any atom is 0.164 e. The van der Waals surface area contributed by atoms with Gasteiger partial charge in [-0.05, 0) is 67.5 Å². The molecule has 4 heterocycles. The number of anilines is 1. The highest BCUT2D eigenvalue weighted by molar-refractivity contribution is 8.13. The van der Waals surface area contributed by atoms with Gasteiger partial charge in [0.25, 0.3) is 0 Å². The Hall–Kier alpha value is -2.40. The molecule has 1 spiro atoms. The van der Waals surface area contributed by atoms with Crippen LogP contribution in [0.5, 0.6) is 0 Å². The molecular weight excluding hydrogens is 400 g/mol. The Morgan fingerprint density at radius 2 is 2.03 bits per heavy atom. The summed E-state index contributed by atoms with van der Waals surface area (Å²) in [4.78, 5) is 7.61. The van der Waals surface area contributed by atoms with E-state index in [1.165, 1.54) is 27.8 Å². The van der Waals surface area contributed by atoms with Gasteiger partial charge in [-0.25, -0.2) is 4.99 Å². The molecule has 0 radical (unpaired) electrons. The second kappa shape index (κ2) is 8.27. The van der Waals surface area contributed by atoms with Crippen molar-refractivity contribution in [2.24, 2.45) is 10.9 Å². The monoisotopic (exact) mass is 432 g/mol. The van der Waals surface area contributed by atoms with E-state index >= 15 is 0 Å². The lowest BCUT2D eigenvalue weighted by Crippen LogP contribution is -2.50. The highest BCUT2D eigenvalue weighted by Crippen LogP contribution is 2.44. The summed E-state index contributed by atoms with van der Waals surface area (Å²) >= 11 is 1.91. The first-order chi connectivity index (χ1) is 15.1. The maximum atomic E-state index is 5.11. The van der Waals surface area contributed by atoms with Gasteiger partial charge in [-0.2, -0.15) is 0 Å². The maximum absolute atomic E-state index is 5.11. The number of nitrogens with one attached hydrogen (secondary N) is 1. The highest BCUT2D eigenvalue weighted by atomic mass is 32.2. The quantitative estimate of drug-likeness (QED) is 0.629. The number of nitrogens with zero attached hydrogens (tertiary/aromatic N) is 3. The molecule has 0 aliphatic carbocycles. The van der Waals surface area contributed by atoms with Gasteiger partial charge in [0, 0.05) is 30.7 Å². The molecule has 0 amide bonds. The van der Waals surface area contributed by atoms with E-state index in [1.807, 2.05) is 17.8 Å². The van der Waals surface area contributed by atoms with Crippen LogP contribution in [0.25, 0.3) is 5.69 Å². The van der Waals surface area contributed by atoms with E-state index in [2.05, 4.69) is 77.8 Å². The van der Waals surface area contributed by atoms with Gasteiger partial charge in [0.1, 0.15) is 0 Å². The first-order valence-corrected chi connectivity index (χ1v) is 12.5. The number of hydrogen-bond acceptors (Lipinski definition) is 4. The number of fused-ring (bicyclic) bond motifs is 4. The van der Waals surface area contributed by atoms with Gasteiger partial charge in [-0.3, -0.25) is 0 Å². The fourth-order valence-electron chi connectivity index (χ4n) is 5.22. The van der Waals surface area contributed by atoms with Gasteiger partial charge in [0.15, 0.2) is 5.17 Å². The Balaban J connectivity index is 1.40. The van der Waals surface area contributed by atoms with Crippen LogP contribution in [-0.2, 0) is 5.54 Å². The molecule has 1 aromatic carbocycles. The topological polar surface area (TPSA) is 32.6 Å². The van der Waals surface area contributed by atoms with E-state index in [0.29, 0.717) is 5.92 Å². The molecule has 5 rings (SSSR count). The number of aliphatic imine (C=N–C) groups is 1. The Morgan fingerprint density at radius 1 is 1.23 bits per heavy atom. The minimum absolute atomic E-state index is 0.0106. The van der Waals surface area contributed by atoms with Crippen molar-refractivity contribution >= 4 is 22.6 Å². The summed E-state index contributed by atoms with van der Waals surface area (Å²) in [5.74, 6) is 1.67. The van der Waals surface area contributed by atoms with Crippen LogP contribution in [0.4, 0.5) is 5.69 Å². The van der Waals surface area contributed by atoms with E-state index < -0.39 is 0 Å². The second-order valence-electron chi connectivity index (χ2n) is 8.89. The van der Waals surface area contributed by atoms with Crippen molar-refractivity contribution in [1.29, 1.82) is 0 Å².